The zero-order valence-corrected chi connectivity index (χ0v) is 11.0. The van der Waals surface area contributed by atoms with Gasteiger partial charge in [-0.05, 0) is 25.5 Å². The molecular weight excluding hydrogens is 224 g/mol. The molecule has 1 aromatic carbocycles. The van der Waals surface area contributed by atoms with E-state index in [4.69, 9.17) is 0 Å². The smallest absolute Gasteiger partial charge is 0.0708 e. The number of piperazine rings is 1. The summed E-state index contributed by atoms with van der Waals surface area (Å²) >= 11 is 0. The summed E-state index contributed by atoms with van der Waals surface area (Å²) in [5, 5.41) is 10.2. The third kappa shape index (κ3) is 2.30. The molecule has 1 N–H and O–H groups in total. The first kappa shape index (κ1) is 12.2. The molecule has 3 nitrogen and oxygen atoms in total. The Morgan fingerprint density at radius 2 is 1.94 bits per heavy atom. The van der Waals surface area contributed by atoms with Crippen molar-refractivity contribution in [3.8, 4) is 0 Å². The minimum Gasteiger partial charge on any atom is -0.391 e. The molecule has 3 aliphatic rings. The van der Waals surface area contributed by atoms with Crippen molar-refractivity contribution >= 4 is 0 Å². The van der Waals surface area contributed by atoms with Crippen LogP contribution in [0.25, 0.3) is 0 Å². The molecule has 1 aromatic rings. The molecule has 0 aliphatic carbocycles. The largest absolute Gasteiger partial charge is 0.391 e. The van der Waals surface area contributed by atoms with Gasteiger partial charge in [0.05, 0.1) is 6.10 Å². The first-order chi connectivity index (χ1) is 8.74. The van der Waals surface area contributed by atoms with Gasteiger partial charge in [0.2, 0.25) is 0 Å². The summed E-state index contributed by atoms with van der Waals surface area (Å²) < 4.78 is 0. The summed E-state index contributed by atoms with van der Waals surface area (Å²) in [6.07, 6.45) is 1.92. The molecule has 98 valence electrons. The van der Waals surface area contributed by atoms with Crippen LogP contribution in [0, 0.1) is 0 Å². The van der Waals surface area contributed by atoms with Crippen LogP contribution in [0.15, 0.2) is 30.3 Å². The predicted molar refractivity (Wildman–Crippen MR) is 72.3 cm³/mol. The topological polar surface area (TPSA) is 26.7 Å². The lowest BCUT2D eigenvalue weighted by Gasteiger charge is -2.43. The van der Waals surface area contributed by atoms with Crippen molar-refractivity contribution in [1.29, 1.82) is 0 Å². The van der Waals surface area contributed by atoms with E-state index in [1.807, 2.05) is 0 Å². The zero-order chi connectivity index (χ0) is 12.5. The van der Waals surface area contributed by atoms with Crippen molar-refractivity contribution in [3.05, 3.63) is 35.9 Å². The Labute approximate surface area is 109 Å². The number of nitrogens with zero attached hydrogens (tertiary/aromatic N) is 2. The monoisotopic (exact) mass is 246 g/mol. The Morgan fingerprint density at radius 1 is 1.17 bits per heavy atom. The number of hydrogen-bond donors (Lipinski definition) is 1. The number of benzene rings is 1. The fraction of sp³-hybridized carbons (Fsp3) is 0.600. The average molecular weight is 246 g/mol. The lowest BCUT2D eigenvalue weighted by atomic mass is 10.1. The van der Waals surface area contributed by atoms with Gasteiger partial charge in [-0.15, -0.1) is 0 Å². The Hall–Kier alpha value is -0.900. The molecule has 3 saturated heterocycles. The molecule has 0 unspecified atom stereocenters. The average Bonchev–Trinajstić information content (AvgIpc) is 2.61. The van der Waals surface area contributed by atoms with Gasteiger partial charge in [-0.3, -0.25) is 9.80 Å². The highest BCUT2D eigenvalue weighted by Crippen LogP contribution is 2.28. The zero-order valence-electron chi connectivity index (χ0n) is 11.0. The first-order valence-electron chi connectivity index (χ1n) is 6.90. The highest BCUT2D eigenvalue weighted by Gasteiger charge is 2.39. The Morgan fingerprint density at radius 3 is 2.72 bits per heavy atom. The standard InChI is InChI=1S/C15H22N2O/c1-16-10-13-7-8-15(18)14(16)11-17(13)9-12-5-3-2-4-6-12/h2-6,13-15,18H,7-11H2,1H3/t13-,14+,15-/m0/s1. The molecule has 3 heteroatoms. The SMILES string of the molecule is CN1C[C@@H]2CC[C@H](O)[C@H]1CN2Cc1ccccc1. The number of hydrogen-bond acceptors (Lipinski definition) is 3. The summed E-state index contributed by atoms with van der Waals surface area (Å²) in [4.78, 5) is 4.89. The fourth-order valence-corrected chi connectivity index (χ4v) is 3.37. The van der Waals surface area contributed by atoms with Crippen LogP contribution in [0.5, 0.6) is 0 Å². The summed E-state index contributed by atoms with van der Waals surface area (Å²) in [6.45, 7) is 3.11. The summed E-state index contributed by atoms with van der Waals surface area (Å²) in [6, 6.07) is 11.6. The molecule has 3 aliphatic heterocycles. The van der Waals surface area contributed by atoms with E-state index >= 15 is 0 Å². The van der Waals surface area contributed by atoms with E-state index in [0.717, 1.165) is 32.5 Å². The van der Waals surface area contributed by atoms with Crippen LogP contribution >= 0.6 is 0 Å². The highest BCUT2D eigenvalue weighted by atomic mass is 16.3. The second kappa shape index (κ2) is 5.00. The van der Waals surface area contributed by atoms with Gasteiger partial charge >= 0.3 is 0 Å². The molecule has 2 bridgehead atoms. The van der Waals surface area contributed by atoms with Gasteiger partial charge in [0.15, 0.2) is 0 Å². The van der Waals surface area contributed by atoms with E-state index in [1.54, 1.807) is 0 Å². The van der Waals surface area contributed by atoms with Gasteiger partial charge in [0.25, 0.3) is 0 Å². The second-order valence-corrected chi connectivity index (χ2v) is 5.72. The molecule has 0 spiro atoms. The fourth-order valence-electron chi connectivity index (χ4n) is 3.37. The normalized spacial score (nSPS) is 33.6. The maximum atomic E-state index is 10.2. The molecule has 0 aromatic heterocycles. The molecule has 0 saturated carbocycles. The molecule has 0 radical (unpaired) electrons. The van der Waals surface area contributed by atoms with Gasteiger partial charge < -0.3 is 5.11 Å². The van der Waals surface area contributed by atoms with E-state index in [2.05, 4.69) is 47.2 Å². The lowest BCUT2D eigenvalue weighted by molar-refractivity contribution is 0.00734. The van der Waals surface area contributed by atoms with Crippen LogP contribution in [0.2, 0.25) is 0 Å². The lowest BCUT2D eigenvalue weighted by Crippen LogP contribution is -2.57. The van der Waals surface area contributed by atoms with Crippen molar-refractivity contribution in [3.63, 3.8) is 0 Å². The van der Waals surface area contributed by atoms with Crippen LogP contribution < -0.4 is 0 Å². The van der Waals surface area contributed by atoms with Crippen molar-refractivity contribution in [2.75, 3.05) is 20.1 Å². The summed E-state index contributed by atoms with van der Waals surface area (Å²) in [7, 11) is 2.14. The van der Waals surface area contributed by atoms with Crippen molar-refractivity contribution in [2.24, 2.45) is 0 Å². The van der Waals surface area contributed by atoms with E-state index in [-0.39, 0.29) is 6.10 Å². The van der Waals surface area contributed by atoms with E-state index in [9.17, 15) is 5.11 Å². The third-order valence-corrected chi connectivity index (χ3v) is 4.47. The van der Waals surface area contributed by atoms with Gasteiger partial charge in [0.1, 0.15) is 0 Å². The molecular formula is C15H22N2O. The Balaban J connectivity index is 1.75. The van der Waals surface area contributed by atoms with Crippen LogP contribution in [-0.2, 0) is 6.54 Å². The van der Waals surface area contributed by atoms with Gasteiger partial charge in [-0.25, -0.2) is 0 Å². The van der Waals surface area contributed by atoms with Gasteiger partial charge in [-0.1, -0.05) is 30.3 Å². The first-order valence-corrected chi connectivity index (χ1v) is 6.90. The predicted octanol–water partition coefficient (Wildman–Crippen LogP) is 1.33. The van der Waals surface area contributed by atoms with Crippen molar-refractivity contribution in [2.45, 2.75) is 37.6 Å². The Bertz CT molecular complexity index is 391. The third-order valence-electron chi connectivity index (χ3n) is 4.47. The van der Waals surface area contributed by atoms with Crippen molar-refractivity contribution < 1.29 is 5.11 Å². The number of aliphatic hydroxyl groups is 1. The number of fused-ring (bicyclic) bond motifs is 4. The van der Waals surface area contributed by atoms with Crippen LogP contribution in [0.1, 0.15) is 18.4 Å². The van der Waals surface area contributed by atoms with Crippen LogP contribution in [0.3, 0.4) is 0 Å². The van der Waals surface area contributed by atoms with Gasteiger partial charge in [0, 0.05) is 31.7 Å². The summed E-state index contributed by atoms with van der Waals surface area (Å²) in [5.74, 6) is 0. The number of likely N-dealkylation sites (N-methyl/N-ethyl adjacent to an activating group) is 1. The molecule has 3 fully saturated rings. The van der Waals surface area contributed by atoms with E-state index in [1.165, 1.54) is 5.56 Å². The minimum atomic E-state index is -0.152. The second-order valence-electron chi connectivity index (χ2n) is 5.72. The highest BCUT2D eigenvalue weighted by molar-refractivity contribution is 5.15. The van der Waals surface area contributed by atoms with Crippen molar-refractivity contribution in [1.82, 2.24) is 9.80 Å². The number of aliphatic hydroxyl groups excluding tert-OH is 1. The maximum Gasteiger partial charge on any atom is 0.0708 e. The van der Waals surface area contributed by atoms with E-state index in [0.29, 0.717) is 12.1 Å². The van der Waals surface area contributed by atoms with Crippen LogP contribution in [0.4, 0.5) is 0 Å². The molecule has 3 heterocycles. The maximum absolute atomic E-state index is 10.2. The number of rotatable bonds is 2. The quantitative estimate of drug-likeness (QED) is 0.853. The minimum absolute atomic E-state index is 0.152. The van der Waals surface area contributed by atoms with Crippen LogP contribution in [-0.4, -0.2) is 53.2 Å². The van der Waals surface area contributed by atoms with Gasteiger partial charge in [-0.2, -0.15) is 0 Å². The molecule has 3 atom stereocenters. The Kier molecular flexibility index (Phi) is 3.37. The van der Waals surface area contributed by atoms with E-state index < -0.39 is 0 Å². The molecule has 4 rings (SSSR count). The molecule has 0 amide bonds. The summed E-state index contributed by atoms with van der Waals surface area (Å²) in [5.41, 5.74) is 1.38. The molecule has 18 heavy (non-hydrogen) atoms.